The minimum absolute atomic E-state index is 0.0257. The zero-order chi connectivity index (χ0) is 16.7. The van der Waals surface area contributed by atoms with Crippen molar-refractivity contribution < 1.29 is 4.74 Å². The highest BCUT2D eigenvalue weighted by atomic mass is 32.1. The van der Waals surface area contributed by atoms with Crippen LogP contribution in [0.1, 0.15) is 28.8 Å². The van der Waals surface area contributed by atoms with Crippen molar-refractivity contribution in [3.8, 4) is 11.4 Å². The first kappa shape index (κ1) is 15.5. The second-order valence-corrected chi connectivity index (χ2v) is 7.43. The normalized spacial score (nSPS) is 14.1. The van der Waals surface area contributed by atoms with Crippen molar-refractivity contribution in [2.24, 2.45) is 0 Å². The molecule has 0 unspecified atom stereocenters. The van der Waals surface area contributed by atoms with Crippen LogP contribution in [0, 0.1) is 6.92 Å². The Hall–Kier alpha value is -1.98. The molecule has 5 heteroatoms. The third kappa shape index (κ3) is 2.48. The van der Waals surface area contributed by atoms with Crippen LogP contribution in [0.5, 0.6) is 0 Å². The maximum absolute atomic E-state index is 13.2. The molecule has 0 spiro atoms. The predicted molar refractivity (Wildman–Crippen MR) is 97.7 cm³/mol. The molecule has 1 aliphatic carbocycles. The minimum atomic E-state index is 0.0257. The second-order valence-electron chi connectivity index (χ2n) is 6.35. The van der Waals surface area contributed by atoms with Gasteiger partial charge in [-0.1, -0.05) is 23.8 Å². The first-order chi connectivity index (χ1) is 11.7. The van der Waals surface area contributed by atoms with E-state index in [1.807, 2.05) is 25.1 Å². The summed E-state index contributed by atoms with van der Waals surface area (Å²) >= 11 is 1.69. The van der Waals surface area contributed by atoms with Crippen molar-refractivity contribution in [3.05, 3.63) is 50.6 Å². The molecule has 0 saturated carbocycles. The van der Waals surface area contributed by atoms with Gasteiger partial charge >= 0.3 is 0 Å². The van der Waals surface area contributed by atoms with E-state index in [0.717, 1.165) is 40.6 Å². The highest BCUT2D eigenvalue weighted by Crippen LogP contribution is 2.34. The number of benzene rings is 1. The first-order valence-electron chi connectivity index (χ1n) is 8.30. The molecule has 2 aromatic heterocycles. The molecule has 4 nitrogen and oxygen atoms in total. The molecule has 1 aliphatic rings. The van der Waals surface area contributed by atoms with Gasteiger partial charge < -0.3 is 4.74 Å². The molecule has 0 aliphatic heterocycles. The molecule has 3 aromatic rings. The molecule has 0 bridgehead atoms. The highest BCUT2D eigenvalue weighted by molar-refractivity contribution is 7.18. The maximum atomic E-state index is 13.2. The molecule has 2 heterocycles. The molecule has 0 atom stereocenters. The van der Waals surface area contributed by atoms with Gasteiger partial charge in [0.15, 0.2) is 0 Å². The fourth-order valence-corrected chi connectivity index (χ4v) is 4.74. The molecule has 0 amide bonds. The zero-order valence-electron chi connectivity index (χ0n) is 14.0. The topological polar surface area (TPSA) is 44.1 Å². The number of hydrogen-bond acceptors (Lipinski definition) is 4. The number of nitrogens with zero attached hydrogens (tertiary/aromatic N) is 2. The molecular formula is C19H20N2O2S. The third-order valence-electron chi connectivity index (χ3n) is 4.61. The van der Waals surface area contributed by atoms with E-state index in [2.05, 4.69) is 6.07 Å². The van der Waals surface area contributed by atoms with Crippen molar-refractivity contribution >= 4 is 21.6 Å². The van der Waals surface area contributed by atoms with E-state index in [0.29, 0.717) is 5.82 Å². The standard InChI is InChI=1S/C19H20N2O2S/c1-12-6-5-7-13(10-12)17-20-18-16(19(22)21(17)11-23-2)14-8-3-4-9-15(14)24-18/h5-7,10H,3-4,8-9,11H2,1-2H3. The van der Waals surface area contributed by atoms with E-state index in [1.165, 1.54) is 16.9 Å². The van der Waals surface area contributed by atoms with Gasteiger partial charge in [-0.3, -0.25) is 9.36 Å². The van der Waals surface area contributed by atoms with Gasteiger partial charge in [0.2, 0.25) is 0 Å². The summed E-state index contributed by atoms with van der Waals surface area (Å²) in [6.45, 7) is 2.26. The average Bonchev–Trinajstić information content (AvgIpc) is 2.96. The van der Waals surface area contributed by atoms with Crippen LogP contribution < -0.4 is 5.56 Å². The van der Waals surface area contributed by atoms with Crippen molar-refractivity contribution in [2.75, 3.05) is 7.11 Å². The molecule has 0 saturated heterocycles. The Bertz CT molecular complexity index is 971. The van der Waals surface area contributed by atoms with Gasteiger partial charge in [-0.25, -0.2) is 4.98 Å². The van der Waals surface area contributed by atoms with Gasteiger partial charge in [-0.2, -0.15) is 0 Å². The smallest absolute Gasteiger partial charge is 0.264 e. The summed E-state index contributed by atoms with van der Waals surface area (Å²) in [5, 5.41) is 0.808. The lowest BCUT2D eigenvalue weighted by Crippen LogP contribution is -2.24. The minimum Gasteiger partial charge on any atom is -0.364 e. The van der Waals surface area contributed by atoms with Gasteiger partial charge in [0, 0.05) is 17.6 Å². The van der Waals surface area contributed by atoms with Crippen LogP contribution in [0.25, 0.3) is 21.6 Å². The van der Waals surface area contributed by atoms with Crippen molar-refractivity contribution in [3.63, 3.8) is 0 Å². The summed E-state index contributed by atoms with van der Waals surface area (Å²) in [7, 11) is 1.61. The Morgan fingerprint density at radius 3 is 2.92 bits per heavy atom. The number of thiophene rings is 1. The molecule has 24 heavy (non-hydrogen) atoms. The number of rotatable bonds is 3. The summed E-state index contributed by atoms with van der Waals surface area (Å²) in [6, 6.07) is 8.11. The lowest BCUT2D eigenvalue weighted by Gasteiger charge is -2.13. The monoisotopic (exact) mass is 340 g/mol. The van der Waals surface area contributed by atoms with Crippen LogP contribution in [-0.2, 0) is 24.3 Å². The van der Waals surface area contributed by atoms with E-state index in [1.54, 1.807) is 23.0 Å². The molecular weight excluding hydrogens is 320 g/mol. The van der Waals surface area contributed by atoms with Gasteiger partial charge in [0.1, 0.15) is 17.4 Å². The van der Waals surface area contributed by atoms with Crippen LogP contribution in [0.4, 0.5) is 0 Å². The SMILES string of the molecule is COCn1c(-c2cccc(C)c2)nc2sc3c(c2c1=O)CCCC3. The number of aryl methyl sites for hydroxylation is 3. The Morgan fingerprint density at radius 2 is 2.12 bits per heavy atom. The van der Waals surface area contributed by atoms with Crippen molar-refractivity contribution in [2.45, 2.75) is 39.3 Å². The average molecular weight is 340 g/mol. The number of hydrogen-bond donors (Lipinski definition) is 0. The number of aromatic nitrogens is 2. The zero-order valence-corrected chi connectivity index (χ0v) is 14.8. The second kappa shape index (κ2) is 6.15. The van der Waals surface area contributed by atoms with Gasteiger partial charge in [-0.15, -0.1) is 11.3 Å². The Kier molecular flexibility index (Phi) is 3.98. The van der Waals surface area contributed by atoms with Crippen LogP contribution >= 0.6 is 11.3 Å². The Balaban J connectivity index is 2.03. The van der Waals surface area contributed by atoms with Crippen LogP contribution in [-0.4, -0.2) is 16.7 Å². The third-order valence-corrected chi connectivity index (χ3v) is 5.80. The lowest BCUT2D eigenvalue weighted by atomic mass is 9.97. The van der Waals surface area contributed by atoms with E-state index < -0.39 is 0 Å². The van der Waals surface area contributed by atoms with Crippen LogP contribution in [0.2, 0.25) is 0 Å². The van der Waals surface area contributed by atoms with Crippen LogP contribution in [0.15, 0.2) is 29.1 Å². The van der Waals surface area contributed by atoms with Crippen molar-refractivity contribution in [1.29, 1.82) is 0 Å². The summed E-state index contributed by atoms with van der Waals surface area (Å²) in [6.07, 6.45) is 4.42. The number of fused-ring (bicyclic) bond motifs is 3. The lowest BCUT2D eigenvalue weighted by molar-refractivity contribution is 0.129. The number of ether oxygens (including phenoxy) is 1. The van der Waals surface area contributed by atoms with Crippen LogP contribution in [0.3, 0.4) is 0 Å². The summed E-state index contributed by atoms with van der Waals surface area (Å²) in [5.41, 5.74) is 3.35. The van der Waals surface area contributed by atoms with E-state index in [9.17, 15) is 4.79 Å². The Labute approximate surface area is 144 Å². The fraction of sp³-hybridized carbons (Fsp3) is 0.368. The quantitative estimate of drug-likeness (QED) is 0.726. The molecule has 0 fully saturated rings. The summed E-state index contributed by atoms with van der Waals surface area (Å²) < 4.78 is 6.96. The van der Waals surface area contributed by atoms with Gasteiger partial charge in [0.05, 0.1) is 5.39 Å². The Morgan fingerprint density at radius 1 is 1.29 bits per heavy atom. The maximum Gasteiger partial charge on any atom is 0.264 e. The van der Waals surface area contributed by atoms with E-state index in [4.69, 9.17) is 9.72 Å². The molecule has 0 N–H and O–H groups in total. The molecule has 0 radical (unpaired) electrons. The fourth-order valence-electron chi connectivity index (χ4n) is 3.49. The largest absolute Gasteiger partial charge is 0.364 e. The predicted octanol–water partition coefficient (Wildman–Crippen LogP) is 3.92. The molecule has 124 valence electrons. The van der Waals surface area contributed by atoms with Gasteiger partial charge in [-0.05, 0) is 44.2 Å². The molecule has 4 rings (SSSR count). The first-order valence-corrected chi connectivity index (χ1v) is 9.11. The highest BCUT2D eigenvalue weighted by Gasteiger charge is 2.22. The van der Waals surface area contributed by atoms with Gasteiger partial charge in [0.25, 0.3) is 5.56 Å². The van der Waals surface area contributed by atoms with E-state index in [-0.39, 0.29) is 12.3 Å². The summed E-state index contributed by atoms with van der Waals surface area (Å²) in [5.74, 6) is 0.691. The van der Waals surface area contributed by atoms with Crippen molar-refractivity contribution in [1.82, 2.24) is 9.55 Å². The molecule has 1 aromatic carbocycles. The van der Waals surface area contributed by atoms with E-state index >= 15 is 0 Å². The number of methoxy groups -OCH3 is 1. The summed E-state index contributed by atoms with van der Waals surface area (Å²) in [4.78, 5) is 20.3.